The number of fused-ring (bicyclic) bond motifs is 1. The van der Waals surface area contributed by atoms with Crippen LogP contribution in [0.15, 0.2) is 34.9 Å². The van der Waals surface area contributed by atoms with Crippen molar-refractivity contribution in [1.29, 1.82) is 0 Å². The summed E-state index contributed by atoms with van der Waals surface area (Å²) < 4.78 is 19.2. The van der Waals surface area contributed by atoms with Gasteiger partial charge in [-0.05, 0) is 47.1 Å². The zero-order valence-corrected chi connectivity index (χ0v) is 13.1. The van der Waals surface area contributed by atoms with Crippen molar-refractivity contribution in [3.05, 3.63) is 51.9 Å². The highest BCUT2D eigenvalue weighted by atomic mass is 79.9. The fourth-order valence-electron chi connectivity index (χ4n) is 2.47. The van der Waals surface area contributed by atoms with Gasteiger partial charge in [0.1, 0.15) is 5.82 Å². The van der Waals surface area contributed by atoms with Gasteiger partial charge < -0.3 is 15.2 Å². The molecule has 0 radical (unpaired) electrons. The lowest BCUT2D eigenvalue weighted by Crippen LogP contribution is -2.36. The smallest absolute Gasteiger partial charge is 0.266 e. The van der Waals surface area contributed by atoms with Crippen molar-refractivity contribution in [2.45, 2.75) is 12.5 Å². The summed E-state index contributed by atoms with van der Waals surface area (Å²) in [6.45, 7) is 2.11. The first kappa shape index (κ1) is 14.9. The third-order valence-corrected chi connectivity index (χ3v) is 4.08. The summed E-state index contributed by atoms with van der Waals surface area (Å²) in [5.74, 6) is -1.04. The molecule has 2 heterocycles. The summed E-state index contributed by atoms with van der Waals surface area (Å²) in [5.41, 5.74) is -1.30. The lowest BCUT2D eigenvalue weighted by atomic mass is 9.88. The van der Waals surface area contributed by atoms with Crippen molar-refractivity contribution in [3.8, 4) is 5.88 Å². The van der Waals surface area contributed by atoms with Crippen LogP contribution in [0, 0.1) is 5.82 Å². The number of amides is 1. The lowest BCUT2D eigenvalue weighted by molar-refractivity contribution is -0.129. The van der Waals surface area contributed by atoms with Gasteiger partial charge in [0.2, 0.25) is 11.5 Å². The molecule has 1 aromatic heterocycles. The number of aliphatic hydroxyl groups is 1. The highest BCUT2D eigenvalue weighted by Gasteiger charge is 2.49. The molecule has 1 aliphatic rings. The van der Waals surface area contributed by atoms with Gasteiger partial charge in [0, 0.05) is 11.8 Å². The average molecular weight is 367 g/mol. The van der Waals surface area contributed by atoms with Crippen LogP contribution >= 0.6 is 15.9 Å². The minimum Gasteiger partial charge on any atom is -0.478 e. The molecule has 0 spiro atoms. The molecule has 0 fully saturated rings. The second-order valence-corrected chi connectivity index (χ2v) is 5.62. The molecule has 0 aliphatic carbocycles. The van der Waals surface area contributed by atoms with Gasteiger partial charge in [-0.25, -0.2) is 9.37 Å². The maximum atomic E-state index is 13.6. The van der Waals surface area contributed by atoms with Crippen molar-refractivity contribution in [1.82, 2.24) is 4.98 Å². The Balaban J connectivity index is 2.23. The third kappa shape index (κ3) is 2.08. The Morgan fingerprint density at radius 1 is 1.45 bits per heavy atom. The van der Waals surface area contributed by atoms with E-state index in [1.54, 1.807) is 19.1 Å². The minimum absolute atomic E-state index is 0.156. The van der Waals surface area contributed by atoms with Crippen LogP contribution in [0.4, 0.5) is 10.1 Å². The van der Waals surface area contributed by atoms with E-state index in [2.05, 4.69) is 26.2 Å². The van der Waals surface area contributed by atoms with Crippen LogP contribution < -0.4 is 10.1 Å². The van der Waals surface area contributed by atoms with Crippen molar-refractivity contribution in [2.24, 2.45) is 0 Å². The first-order valence-electron chi connectivity index (χ1n) is 6.60. The van der Waals surface area contributed by atoms with E-state index in [0.29, 0.717) is 6.61 Å². The maximum Gasteiger partial charge on any atom is 0.266 e. The van der Waals surface area contributed by atoms with Crippen LogP contribution in [0.1, 0.15) is 18.1 Å². The number of halogens is 2. The molecular formula is C15H12BrFN2O3. The first-order valence-corrected chi connectivity index (χ1v) is 7.39. The fourth-order valence-corrected chi connectivity index (χ4v) is 2.81. The van der Waals surface area contributed by atoms with Crippen molar-refractivity contribution >= 4 is 27.5 Å². The molecule has 2 aromatic rings. The van der Waals surface area contributed by atoms with Crippen LogP contribution in [-0.2, 0) is 10.4 Å². The molecule has 1 aliphatic heterocycles. The number of nitrogens with zero attached hydrogens (tertiary/aromatic N) is 1. The SMILES string of the molecule is CCOc1ncccc1C1(O)C(=O)Nc2cc(F)c(Br)cc21. The summed E-state index contributed by atoms with van der Waals surface area (Å²) in [6.07, 6.45) is 1.51. The quantitative estimate of drug-likeness (QED) is 0.875. The molecule has 1 aromatic carbocycles. The number of nitrogens with one attached hydrogen (secondary N) is 1. The van der Waals surface area contributed by atoms with Gasteiger partial charge >= 0.3 is 0 Å². The number of benzene rings is 1. The predicted octanol–water partition coefficient (Wildman–Crippen LogP) is 2.57. The number of anilines is 1. The largest absolute Gasteiger partial charge is 0.478 e. The van der Waals surface area contributed by atoms with Crippen molar-refractivity contribution < 1.29 is 19.0 Å². The normalized spacial score (nSPS) is 19.7. The van der Waals surface area contributed by atoms with E-state index >= 15 is 0 Å². The lowest BCUT2D eigenvalue weighted by Gasteiger charge is -2.23. The number of hydrogen-bond acceptors (Lipinski definition) is 4. The van der Waals surface area contributed by atoms with Crippen molar-refractivity contribution in [2.75, 3.05) is 11.9 Å². The van der Waals surface area contributed by atoms with Crippen LogP contribution in [0.5, 0.6) is 5.88 Å². The molecule has 1 amide bonds. The third-order valence-electron chi connectivity index (χ3n) is 3.47. The summed E-state index contributed by atoms with van der Waals surface area (Å²) in [5, 5.41) is 13.5. The van der Waals surface area contributed by atoms with Crippen LogP contribution in [-0.4, -0.2) is 22.6 Å². The summed E-state index contributed by atoms with van der Waals surface area (Å²) >= 11 is 3.07. The number of aromatic nitrogens is 1. The van der Waals surface area contributed by atoms with E-state index in [1.165, 1.54) is 12.3 Å². The Labute approximate surface area is 134 Å². The second kappa shape index (κ2) is 5.33. The number of carbonyl (C=O) groups is 1. The van der Waals surface area contributed by atoms with Gasteiger partial charge in [-0.2, -0.15) is 0 Å². The van der Waals surface area contributed by atoms with Crippen molar-refractivity contribution in [3.63, 3.8) is 0 Å². The van der Waals surface area contributed by atoms with Gasteiger partial charge in [-0.15, -0.1) is 0 Å². The average Bonchev–Trinajstić information content (AvgIpc) is 2.73. The molecule has 0 saturated carbocycles. The van der Waals surface area contributed by atoms with Gasteiger partial charge in [-0.3, -0.25) is 4.79 Å². The standard InChI is InChI=1S/C15H12BrFN2O3/c1-2-22-13-8(4-3-5-18-13)15(21)9-6-10(16)11(17)7-12(9)19-14(15)20/h3-7,21H,2H2,1H3,(H,19,20). The van der Waals surface area contributed by atoms with Gasteiger partial charge in [-0.1, -0.05) is 0 Å². The van der Waals surface area contributed by atoms with Gasteiger partial charge in [0.25, 0.3) is 5.91 Å². The van der Waals surface area contributed by atoms with E-state index < -0.39 is 17.3 Å². The molecular weight excluding hydrogens is 355 g/mol. The Hall–Kier alpha value is -1.99. The predicted molar refractivity (Wildman–Crippen MR) is 81.1 cm³/mol. The maximum absolute atomic E-state index is 13.6. The summed E-state index contributed by atoms with van der Waals surface area (Å²) in [7, 11) is 0. The van der Waals surface area contributed by atoms with Crippen LogP contribution in [0.3, 0.4) is 0 Å². The molecule has 2 N–H and O–H groups in total. The van der Waals surface area contributed by atoms with E-state index in [0.717, 1.165) is 6.07 Å². The number of carbonyl (C=O) groups excluding carboxylic acids is 1. The highest BCUT2D eigenvalue weighted by molar-refractivity contribution is 9.10. The summed E-state index contributed by atoms with van der Waals surface area (Å²) in [4.78, 5) is 16.4. The van der Waals surface area contributed by atoms with E-state index in [4.69, 9.17) is 4.74 Å². The fraction of sp³-hybridized carbons (Fsp3) is 0.200. The molecule has 0 saturated heterocycles. The Kier molecular flexibility index (Phi) is 3.62. The molecule has 1 unspecified atom stereocenters. The zero-order valence-electron chi connectivity index (χ0n) is 11.6. The van der Waals surface area contributed by atoms with E-state index in [1.807, 2.05) is 0 Å². The van der Waals surface area contributed by atoms with Gasteiger partial charge in [0.15, 0.2) is 0 Å². The topological polar surface area (TPSA) is 71.5 Å². The molecule has 1 atom stereocenters. The number of ether oxygens (including phenoxy) is 1. The van der Waals surface area contributed by atoms with Crippen LogP contribution in [0.25, 0.3) is 0 Å². The molecule has 7 heteroatoms. The first-order chi connectivity index (χ1) is 10.5. The number of pyridine rings is 1. The van der Waals surface area contributed by atoms with E-state index in [9.17, 15) is 14.3 Å². The Morgan fingerprint density at radius 3 is 2.95 bits per heavy atom. The zero-order chi connectivity index (χ0) is 15.9. The van der Waals surface area contributed by atoms with E-state index in [-0.39, 0.29) is 27.2 Å². The summed E-state index contributed by atoms with van der Waals surface area (Å²) in [6, 6.07) is 5.70. The monoisotopic (exact) mass is 366 g/mol. The minimum atomic E-state index is -1.98. The molecule has 5 nitrogen and oxygen atoms in total. The van der Waals surface area contributed by atoms with Crippen LogP contribution in [0.2, 0.25) is 0 Å². The second-order valence-electron chi connectivity index (χ2n) is 4.77. The molecule has 3 rings (SSSR count). The molecule has 0 bridgehead atoms. The van der Waals surface area contributed by atoms with Gasteiger partial charge in [0.05, 0.1) is 22.3 Å². The number of rotatable bonds is 3. The highest BCUT2D eigenvalue weighted by Crippen LogP contribution is 2.44. The molecule has 114 valence electrons. The Bertz CT molecular complexity index is 768. The number of hydrogen-bond donors (Lipinski definition) is 2. The Morgan fingerprint density at radius 2 is 2.23 bits per heavy atom. The molecule has 22 heavy (non-hydrogen) atoms.